The smallest absolute Gasteiger partial charge is 0.220 e. The van der Waals surface area contributed by atoms with Crippen molar-refractivity contribution in [3.8, 4) is 0 Å². The van der Waals surface area contributed by atoms with Gasteiger partial charge in [0.25, 0.3) is 0 Å². The molecule has 1 rings (SSSR count). The Labute approximate surface area is 114 Å². The van der Waals surface area contributed by atoms with Gasteiger partial charge >= 0.3 is 0 Å². The summed E-state index contributed by atoms with van der Waals surface area (Å²) < 4.78 is 5.58. The molecule has 0 saturated carbocycles. The van der Waals surface area contributed by atoms with E-state index >= 15 is 0 Å². The van der Waals surface area contributed by atoms with Crippen LogP contribution in [0.2, 0.25) is 0 Å². The van der Waals surface area contributed by atoms with Crippen LogP contribution in [0.4, 0.5) is 0 Å². The topological polar surface area (TPSA) is 96.9 Å². The molecule has 1 amide bonds. The van der Waals surface area contributed by atoms with Gasteiger partial charge in [-0.15, -0.1) is 0 Å². The molecular weight excluding hydrogens is 246 g/mol. The van der Waals surface area contributed by atoms with Crippen molar-refractivity contribution in [1.82, 2.24) is 5.32 Å². The zero-order valence-corrected chi connectivity index (χ0v) is 11.8. The van der Waals surface area contributed by atoms with Gasteiger partial charge < -0.3 is 21.0 Å². The number of nitrogens with two attached hydrogens (primary N) is 1. The molecule has 0 spiro atoms. The van der Waals surface area contributed by atoms with E-state index in [2.05, 4.69) is 10.5 Å². The predicted octanol–water partition coefficient (Wildman–Crippen LogP) is 1.22. The van der Waals surface area contributed by atoms with E-state index in [4.69, 9.17) is 15.7 Å². The van der Waals surface area contributed by atoms with E-state index in [0.717, 1.165) is 25.9 Å². The Morgan fingerprint density at radius 1 is 1.53 bits per heavy atom. The van der Waals surface area contributed by atoms with Crippen LogP contribution in [0, 0.1) is 5.92 Å². The van der Waals surface area contributed by atoms with Gasteiger partial charge in [-0.1, -0.05) is 19.0 Å². The first-order valence-corrected chi connectivity index (χ1v) is 6.93. The van der Waals surface area contributed by atoms with E-state index in [1.165, 1.54) is 6.42 Å². The number of ether oxygens (including phenoxy) is 1. The Bertz CT molecular complexity index is 312. The Morgan fingerprint density at radius 3 is 2.79 bits per heavy atom. The summed E-state index contributed by atoms with van der Waals surface area (Å²) in [6.07, 6.45) is 4.65. The minimum atomic E-state index is -0.426. The Kier molecular flexibility index (Phi) is 6.62. The molecule has 0 aromatic rings. The molecule has 0 radical (unpaired) electrons. The molecule has 1 fully saturated rings. The molecule has 0 aromatic carbocycles. The summed E-state index contributed by atoms with van der Waals surface area (Å²) in [5.74, 6) is 0.0301. The van der Waals surface area contributed by atoms with Crippen LogP contribution in [-0.4, -0.2) is 35.7 Å². The number of carbonyl (C=O) groups is 1. The number of nitrogens with zero attached hydrogens (tertiary/aromatic N) is 1. The van der Waals surface area contributed by atoms with Gasteiger partial charge in [0.1, 0.15) is 0 Å². The lowest BCUT2D eigenvalue weighted by Crippen LogP contribution is -2.48. The van der Waals surface area contributed by atoms with E-state index in [1.54, 1.807) is 0 Å². The van der Waals surface area contributed by atoms with Crippen molar-refractivity contribution in [3.63, 3.8) is 0 Å². The quantitative estimate of drug-likeness (QED) is 0.293. The van der Waals surface area contributed by atoms with Gasteiger partial charge in [0, 0.05) is 13.0 Å². The lowest BCUT2D eigenvalue weighted by molar-refractivity contribution is -0.122. The molecule has 1 aliphatic heterocycles. The van der Waals surface area contributed by atoms with Gasteiger partial charge in [-0.05, 0) is 31.6 Å². The van der Waals surface area contributed by atoms with E-state index < -0.39 is 6.04 Å². The van der Waals surface area contributed by atoms with Crippen LogP contribution < -0.4 is 11.1 Å². The highest BCUT2D eigenvalue weighted by Crippen LogP contribution is 2.17. The maximum atomic E-state index is 11.9. The van der Waals surface area contributed by atoms with Crippen LogP contribution in [0.1, 0.15) is 46.0 Å². The van der Waals surface area contributed by atoms with Crippen molar-refractivity contribution >= 4 is 11.7 Å². The molecule has 0 aliphatic carbocycles. The normalized spacial score (nSPS) is 22.3. The van der Waals surface area contributed by atoms with Crippen molar-refractivity contribution < 1.29 is 14.7 Å². The number of rotatable bonds is 6. The average molecular weight is 271 g/mol. The molecule has 2 unspecified atom stereocenters. The highest BCUT2D eigenvalue weighted by atomic mass is 16.5. The van der Waals surface area contributed by atoms with Crippen molar-refractivity contribution in [1.29, 1.82) is 0 Å². The summed E-state index contributed by atoms with van der Waals surface area (Å²) in [5, 5.41) is 14.5. The maximum Gasteiger partial charge on any atom is 0.220 e. The third kappa shape index (κ3) is 5.46. The largest absolute Gasteiger partial charge is 0.409 e. The van der Waals surface area contributed by atoms with Gasteiger partial charge in [-0.25, -0.2) is 0 Å². The fourth-order valence-corrected chi connectivity index (χ4v) is 2.22. The van der Waals surface area contributed by atoms with Crippen LogP contribution in [0.5, 0.6) is 0 Å². The fourth-order valence-electron chi connectivity index (χ4n) is 2.22. The third-order valence-corrected chi connectivity index (χ3v) is 3.38. The zero-order chi connectivity index (χ0) is 14.3. The summed E-state index contributed by atoms with van der Waals surface area (Å²) in [4.78, 5) is 11.9. The van der Waals surface area contributed by atoms with Crippen molar-refractivity contribution in [2.45, 2.75) is 58.1 Å². The van der Waals surface area contributed by atoms with Gasteiger partial charge in [-0.3, -0.25) is 4.79 Å². The monoisotopic (exact) mass is 271 g/mol. The zero-order valence-electron chi connectivity index (χ0n) is 11.8. The summed E-state index contributed by atoms with van der Waals surface area (Å²) in [7, 11) is 0. The lowest BCUT2D eigenvalue weighted by atomic mass is 10.0. The second-order valence-corrected chi connectivity index (χ2v) is 5.34. The first-order valence-electron chi connectivity index (χ1n) is 6.93. The highest BCUT2D eigenvalue weighted by Gasteiger charge is 2.21. The number of nitrogens with one attached hydrogen (secondary N) is 1. The molecule has 19 heavy (non-hydrogen) atoms. The van der Waals surface area contributed by atoms with Gasteiger partial charge in [0.2, 0.25) is 5.91 Å². The minimum absolute atomic E-state index is 0.0391. The molecule has 2 atom stereocenters. The van der Waals surface area contributed by atoms with Crippen molar-refractivity contribution in [2.24, 2.45) is 16.8 Å². The van der Waals surface area contributed by atoms with E-state index in [1.807, 2.05) is 13.8 Å². The Morgan fingerprint density at radius 2 is 2.26 bits per heavy atom. The summed E-state index contributed by atoms with van der Waals surface area (Å²) >= 11 is 0. The fraction of sp³-hybridized carbons (Fsp3) is 0.846. The Balaban J connectivity index is 2.35. The molecule has 6 heteroatoms. The molecule has 1 aliphatic rings. The van der Waals surface area contributed by atoms with Crippen LogP contribution in [-0.2, 0) is 9.53 Å². The maximum absolute atomic E-state index is 11.9. The number of hydrogen-bond donors (Lipinski definition) is 3. The molecular formula is C13H25N3O3. The van der Waals surface area contributed by atoms with Gasteiger partial charge in [0.15, 0.2) is 5.84 Å². The summed E-state index contributed by atoms with van der Waals surface area (Å²) in [5.41, 5.74) is 5.57. The summed E-state index contributed by atoms with van der Waals surface area (Å²) in [6.45, 7) is 4.62. The second-order valence-electron chi connectivity index (χ2n) is 5.34. The van der Waals surface area contributed by atoms with Crippen molar-refractivity contribution in [3.05, 3.63) is 0 Å². The van der Waals surface area contributed by atoms with Crippen LogP contribution in [0.3, 0.4) is 0 Å². The van der Waals surface area contributed by atoms with Gasteiger partial charge in [-0.2, -0.15) is 0 Å². The first kappa shape index (κ1) is 15.8. The molecule has 1 heterocycles. The predicted molar refractivity (Wildman–Crippen MR) is 73.0 cm³/mol. The summed E-state index contributed by atoms with van der Waals surface area (Å²) in [6, 6.07) is -0.426. The van der Waals surface area contributed by atoms with Gasteiger partial charge in [0.05, 0.1) is 12.1 Å². The molecule has 1 saturated heterocycles. The first-order chi connectivity index (χ1) is 9.04. The van der Waals surface area contributed by atoms with Crippen LogP contribution in [0.15, 0.2) is 5.16 Å². The number of amides is 1. The lowest BCUT2D eigenvalue weighted by Gasteiger charge is -2.24. The standard InChI is InChI=1S/C13H25N3O3/c1-9(2)12(13(14)16-18)15-11(17)7-6-10-5-3-4-8-19-10/h9-10,12,18H,3-8H2,1-2H3,(H2,14,16)(H,15,17). The van der Waals surface area contributed by atoms with Crippen LogP contribution in [0.25, 0.3) is 0 Å². The number of carbonyl (C=O) groups excluding carboxylic acids is 1. The molecule has 0 bridgehead atoms. The van der Waals surface area contributed by atoms with E-state index in [-0.39, 0.29) is 23.8 Å². The molecule has 110 valence electrons. The molecule has 6 nitrogen and oxygen atoms in total. The van der Waals surface area contributed by atoms with Crippen LogP contribution >= 0.6 is 0 Å². The molecule has 0 aromatic heterocycles. The number of oxime groups is 1. The van der Waals surface area contributed by atoms with Crippen molar-refractivity contribution in [2.75, 3.05) is 6.61 Å². The SMILES string of the molecule is CC(C)C(NC(=O)CCC1CCCCO1)C(N)=NO. The van der Waals surface area contributed by atoms with E-state index in [9.17, 15) is 4.79 Å². The number of amidine groups is 1. The average Bonchev–Trinajstić information content (AvgIpc) is 2.42. The second kappa shape index (κ2) is 7.99. The Hall–Kier alpha value is -1.30. The van der Waals surface area contributed by atoms with E-state index in [0.29, 0.717) is 6.42 Å². The number of hydrogen-bond acceptors (Lipinski definition) is 4. The highest BCUT2D eigenvalue weighted by molar-refractivity contribution is 5.90. The third-order valence-electron chi connectivity index (χ3n) is 3.38. The molecule has 4 N–H and O–H groups in total. The minimum Gasteiger partial charge on any atom is -0.409 e.